The maximum absolute atomic E-state index is 5.47. The molecule has 0 saturated heterocycles. The lowest BCUT2D eigenvalue weighted by molar-refractivity contribution is 0.232. The van der Waals surface area contributed by atoms with E-state index in [-0.39, 0.29) is 6.10 Å². The Morgan fingerprint density at radius 2 is 2.13 bits per heavy atom. The molecule has 2 aromatic heterocycles. The van der Waals surface area contributed by atoms with Gasteiger partial charge in [-0.2, -0.15) is 0 Å². The quantitative estimate of drug-likeness (QED) is 0.770. The van der Waals surface area contributed by atoms with E-state index in [0.717, 1.165) is 5.56 Å². The molecule has 0 aliphatic rings. The second-order valence-electron chi connectivity index (χ2n) is 3.39. The summed E-state index contributed by atoms with van der Waals surface area (Å²) in [7, 11) is 0. The topological polar surface area (TPSA) is 48.2 Å². The number of aromatic nitrogens is 2. The highest BCUT2D eigenvalue weighted by atomic mass is 16.5. The van der Waals surface area contributed by atoms with Gasteiger partial charge in [0.1, 0.15) is 6.26 Å². The summed E-state index contributed by atoms with van der Waals surface area (Å²) >= 11 is 0. The van der Waals surface area contributed by atoms with Gasteiger partial charge in [-0.1, -0.05) is 0 Å². The predicted molar refractivity (Wildman–Crippen MR) is 55.5 cm³/mol. The third-order valence-corrected chi connectivity index (χ3v) is 1.77. The molecule has 0 radical (unpaired) electrons. The molecule has 0 aromatic carbocycles. The maximum Gasteiger partial charge on any atom is 0.226 e. The summed E-state index contributed by atoms with van der Waals surface area (Å²) in [6.45, 7) is 3.92. The van der Waals surface area contributed by atoms with Crippen LogP contribution in [0.2, 0.25) is 0 Å². The molecule has 0 unspecified atom stereocenters. The van der Waals surface area contributed by atoms with Gasteiger partial charge in [0, 0.05) is 17.8 Å². The van der Waals surface area contributed by atoms with E-state index in [1.807, 2.05) is 26.0 Å². The van der Waals surface area contributed by atoms with Crippen molar-refractivity contribution in [1.82, 2.24) is 9.97 Å². The molecule has 0 fully saturated rings. The molecule has 0 saturated carbocycles. The van der Waals surface area contributed by atoms with Gasteiger partial charge in [-0.15, -0.1) is 0 Å². The van der Waals surface area contributed by atoms with Crippen molar-refractivity contribution in [3.63, 3.8) is 0 Å². The summed E-state index contributed by atoms with van der Waals surface area (Å²) in [4.78, 5) is 8.15. The van der Waals surface area contributed by atoms with Crippen molar-refractivity contribution < 1.29 is 9.15 Å². The average molecular weight is 204 g/mol. The fourth-order valence-electron chi connectivity index (χ4n) is 1.21. The lowest BCUT2D eigenvalue weighted by atomic mass is 10.2. The van der Waals surface area contributed by atoms with Gasteiger partial charge in [0.15, 0.2) is 0 Å². The second-order valence-corrected chi connectivity index (χ2v) is 3.39. The van der Waals surface area contributed by atoms with Gasteiger partial charge in [-0.05, 0) is 19.9 Å². The first-order chi connectivity index (χ1) is 7.25. The lowest BCUT2D eigenvalue weighted by Gasteiger charge is -2.08. The average Bonchev–Trinajstić information content (AvgIpc) is 2.69. The Bertz CT molecular complexity index is 424. The van der Waals surface area contributed by atoms with E-state index < -0.39 is 0 Å². The largest absolute Gasteiger partial charge is 0.475 e. The Hall–Kier alpha value is -1.84. The maximum atomic E-state index is 5.47. The zero-order chi connectivity index (χ0) is 10.7. The van der Waals surface area contributed by atoms with Crippen LogP contribution in [-0.2, 0) is 0 Å². The monoisotopic (exact) mass is 204 g/mol. The summed E-state index contributed by atoms with van der Waals surface area (Å²) in [6.07, 6.45) is 4.94. The number of pyridine rings is 1. The van der Waals surface area contributed by atoms with E-state index in [1.165, 1.54) is 0 Å². The van der Waals surface area contributed by atoms with E-state index in [2.05, 4.69) is 9.97 Å². The van der Waals surface area contributed by atoms with Crippen LogP contribution >= 0.6 is 0 Å². The first kappa shape index (κ1) is 9.71. The van der Waals surface area contributed by atoms with Crippen molar-refractivity contribution in [1.29, 1.82) is 0 Å². The second kappa shape index (κ2) is 4.13. The smallest absolute Gasteiger partial charge is 0.226 e. The van der Waals surface area contributed by atoms with Crippen LogP contribution in [0.15, 0.2) is 35.2 Å². The van der Waals surface area contributed by atoms with Gasteiger partial charge in [-0.25, -0.2) is 9.97 Å². The molecule has 0 amide bonds. The minimum absolute atomic E-state index is 0.109. The Labute approximate surface area is 87.9 Å². The van der Waals surface area contributed by atoms with Gasteiger partial charge >= 0.3 is 0 Å². The molecule has 2 rings (SSSR count). The van der Waals surface area contributed by atoms with Gasteiger partial charge in [0.25, 0.3) is 0 Å². The van der Waals surface area contributed by atoms with Crippen LogP contribution in [0.5, 0.6) is 5.88 Å². The third kappa shape index (κ3) is 2.34. The van der Waals surface area contributed by atoms with Crippen molar-refractivity contribution >= 4 is 0 Å². The van der Waals surface area contributed by atoms with Crippen molar-refractivity contribution in [2.45, 2.75) is 20.0 Å². The van der Waals surface area contributed by atoms with Gasteiger partial charge < -0.3 is 9.15 Å². The lowest BCUT2D eigenvalue weighted by Crippen LogP contribution is -2.06. The molecule has 4 nitrogen and oxygen atoms in total. The van der Waals surface area contributed by atoms with Crippen LogP contribution in [0.25, 0.3) is 11.5 Å². The zero-order valence-electron chi connectivity index (χ0n) is 8.68. The highest BCUT2D eigenvalue weighted by Crippen LogP contribution is 2.20. The summed E-state index contributed by atoms with van der Waals surface area (Å²) < 4.78 is 10.7. The number of oxazole rings is 1. The molecule has 15 heavy (non-hydrogen) atoms. The van der Waals surface area contributed by atoms with Crippen molar-refractivity contribution in [2.24, 2.45) is 0 Å². The molecular formula is C11H12N2O2. The number of hydrogen-bond acceptors (Lipinski definition) is 4. The van der Waals surface area contributed by atoms with E-state index in [9.17, 15) is 0 Å². The van der Waals surface area contributed by atoms with Gasteiger partial charge in [0.2, 0.25) is 11.8 Å². The molecule has 0 bridgehead atoms. The molecule has 2 aromatic rings. The zero-order valence-corrected chi connectivity index (χ0v) is 8.68. The highest BCUT2D eigenvalue weighted by Gasteiger charge is 2.05. The number of nitrogens with zero attached hydrogens (tertiary/aromatic N) is 2. The van der Waals surface area contributed by atoms with Gasteiger partial charge in [0.05, 0.1) is 12.3 Å². The number of hydrogen-bond donors (Lipinski definition) is 0. The van der Waals surface area contributed by atoms with Crippen LogP contribution in [-0.4, -0.2) is 16.1 Å². The van der Waals surface area contributed by atoms with Crippen molar-refractivity contribution in [3.8, 4) is 17.3 Å². The minimum atomic E-state index is 0.109. The van der Waals surface area contributed by atoms with Crippen molar-refractivity contribution in [2.75, 3.05) is 0 Å². The Morgan fingerprint density at radius 3 is 2.80 bits per heavy atom. The Morgan fingerprint density at radius 1 is 1.27 bits per heavy atom. The Kier molecular flexibility index (Phi) is 2.67. The first-order valence-electron chi connectivity index (χ1n) is 4.78. The van der Waals surface area contributed by atoms with Gasteiger partial charge in [-0.3, -0.25) is 0 Å². The highest BCUT2D eigenvalue weighted by molar-refractivity contribution is 5.53. The minimum Gasteiger partial charge on any atom is -0.475 e. The summed E-state index contributed by atoms with van der Waals surface area (Å²) in [5, 5.41) is 0. The summed E-state index contributed by atoms with van der Waals surface area (Å²) in [5.74, 6) is 1.16. The summed E-state index contributed by atoms with van der Waals surface area (Å²) in [5.41, 5.74) is 0.866. The molecule has 4 heteroatoms. The number of ether oxygens (including phenoxy) is 1. The molecule has 0 aliphatic heterocycles. The SMILES string of the molecule is CC(C)Oc1cc(-c2ncco2)ccn1. The first-order valence-corrected chi connectivity index (χ1v) is 4.78. The molecule has 2 heterocycles. The van der Waals surface area contributed by atoms with Crippen LogP contribution in [0, 0.1) is 0 Å². The fourth-order valence-corrected chi connectivity index (χ4v) is 1.21. The Balaban J connectivity index is 2.27. The standard InChI is InChI=1S/C11H12N2O2/c1-8(2)15-10-7-9(3-4-12-10)11-13-5-6-14-11/h3-8H,1-2H3. The van der Waals surface area contributed by atoms with E-state index in [4.69, 9.17) is 9.15 Å². The van der Waals surface area contributed by atoms with Crippen LogP contribution in [0.3, 0.4) is 0 Å². The molecule has 0 aliphatic carbocycles. The van der Waals surface area contributed by atoms with E-state index >= 15 is 0 Å². The molecule has 0 N–H and O–H groups in total. The third-order valence-electron chi connectivity index (χ3n) is 1.77. The van der Waals surface area contributed by atoms with Crippen LogP contribution in [0.4, 0.5) is 0 Å². The van der Waals surface area contributed by atoms with Crippen LogP contribution in [0.1, 0.15) is 13.8 Å². The number of rotatable bonds is 3. The molecule has 78 valence electrons. The summed E-state index contributed by atoms with van der Waals surface area (Å²) in [6, 6.07) is 3.64. The van der Waals surface area contributed by atoms with E-state index in [0.29, 0.717) is 11.8 Å². The molecule has 0 atom stereocenters. The molecule has 0 spiro atoms. The van der Waals surface area contributed by atoms with E-state index in [1.54, 1.807) is 18.7 Å². The normalized spacial score (nSPS) is 10.6. The predicted octanol–water partition coefficient (Wildman–Crippen LogP) is 2.52. The molecular weight excluding hydrogens is 192 g/mol. The van der Waals surface area contributed by atoms with Crippen LogP contribution < -0.4 is 4.74 Å². The fraction of sp³-hybridized carbons (Fsp3) is 0.273. The van der Waals surface area contributed by atoms with Crippen molar-refractivity contribution in [3.05, 3.63) is 30.8 Å².